The summed E-state index contributed by atoms with van der Waals surface area (Å²) in [6.45, 7) is 0.632. The minimum atomic E-state index is -0.644. The summed E-state index contributed by atoms with van der Waals surface area (Å²) in [4.78, 5) is 18.0. The summed E-state index contributed by atoms with van der Waals surface area (Å²) in [5.41, 5.74) is 1.07. The predicted molar refractivity (Wildman–Crippen MR) is 78.7 cm³/mol. The number of hydrogen-bond acceptors (Lipinski definition) is 2. The molecule has 3 rings (SSSR count). The Hall–Kier alpha value is -1.94. The summed E-state index contributed by atoms with van der Waals surface area (Å²) in [6, 6.07) is 11.7. The molecule has 2 aromatic rings. The lowest BCUT2D eigenvalue weighted by Gasteiger charge is -2.25. The molecule has 1 atom stereocenters. The number of benzene rings is 1. The summed E-state index contributed by atoms with van der Waals surface area (Å²) >= 11 is 6.23. The molecule has 1 amide bonds. The van der Waals surface area contributed by atoms with E-state index in [4.69, 9.17) is 11.6 Å². The Bertz CT molecular complexity index is 677. The lowest BCUT2D eigenvalue weighted by molar-refractivity contribution is 0.0728. The fraction of sp³-hybridized carbons (Fsp3) is 0.250. The van der Waals surface area contributed by atoms with Gasteiger partial charge in [0.15, 0.2) is 0 Å². The van der Waals surface area contributed by atoms with Gasteiger partial charge >= 0.3 is 0 Å². The topological polar surface area (TPSA) is 33.2 Å². The van der Waals surface area contributed by atoms with Crippen LogP contribution >= 0.6 is 11.6 Å². The molecule has 0 bridgehead atoms. The molecular formula is C16H14ClFN2O. The van der Waals surface area contributed by atoms with Gasteiger partial charge in [-0.3, -0.25) is 4.79 Å². The summed E-state index contributed by atoms with van der Waals surface area (Å²) in [6.07, 6.45) is 1.75. The highest BCUT2D eigenvalue weighted by molar-refractivity contribution is 6.31. The van der Waals surface area contributed by atoms with E-state index in [-0.39, 0.29) is 17.6 Å². The second kappa shape index (κ2) is 5.82. The normalized spacial score (nSPS) is 18.0. The van der Waals surface area contributed by atoms with E-state index in [1.165, 1.54) is 18.2 Å². The summed E-state index contributed by atoms with van der Waals surface area (Å²) < 4.78 is 13.2. The van der Waals surface area contributed by atoms with Crippen LogP contribution in [0.4, 0.5) is 4.39 Å². The summed E-state index contributed by atoms with van der Waals surface area (Å²) in [7, 11) is 0. The third-order valence-electron chi connectivity index (χ3n) is 3.71. The van der Waals surface area contributed by atoms with Crippen LogP contribution in [0.1, 0.15) is 34.9 Å². The van der Waals surface area contributed by atoms with Crippen LogP contribution in [0.5, 0.6) is 0 Å². The van der Waals surface area contributed by atoms with E-state index in [1.807, 2.05) is 24.3 Å². The van der Waals surface area contributed by atoms with Gasteiger partial charge in [-0.15, -0.1) is 0 Å². The second-order valence-corrected chi connectivity index (χ2v) is 5.43. The predicted octanol–water partition coefficient (Wildman–Crippen LogP) is 3.85. The molecule has 1 aromatic carbocycles. The number of hydrogen-bond donors (Lipinski definition) is 0. The van der Waals surface area contributed by atoms with Crippen LogP contribution in [0.2, 0.25) is 5.02 Å². The third-order valence-corrected chi connectivity index (χ3v) is 4.06. The van der Waals surface area contributed by atoms with Crippen LogP contribution in [-0.4, -0.2) is 22.3 Å². The molecule has 1 aliphatic heterocycles. The van der Waals surface area contributed by atoms with Gasteiger partial charge < -0.3 is 4.90 Å². The van der Waals surface area contributed by atoms with Crippen LogP contribution in [0.25, 0.3) is 0 Å². The number of rotatable bonds is 2. The molecule has 0 N–H and O–H groups in total. The first-order chi connectivity index (χ1) is 10.2. The van der Waals surface area contributed by atoms with E-state index in [9.17, 15) is 9.18 Å². The quantitative estimate of drug-likeness (QED) is 0.790. The van der Waals surface area contributed by atoms with E-state index >= 15 is 0 Å². The van der Waals surface area contributed by atoms with Gasteiger partial charge in [0.1, 0.15) is 5.69 Å². The first-order valence-electron chi connectivity index (χ1n) is 6.85. The Morgan fingerprint density at radius 1 is 1.24 bits per heavy atom. The van der Waals surface area contributed by atoms with E-state index in [2.05, 4.69) is 4.98 Å². The van der Waals surface area contributed by atoms with Crippen LogP contribution in [0, 0.1) is 5.95 Å². The van der Waals surface area contributed by atoms with Crippen molar-refractivity contribution in [2.75, 3.05) is 6.54 Å². The van der Waals surface area contributed by atoms with Crippen LogP contribution in [-0.2, 0) is 0 Å². The Kier molecular flexibility index (Phi) is 3.88. The molecule has 0 aliphatic carbocycles. The van der Waals surface area contributed by atoms with Crippen molar-refractivity contribution in [1.29, 1.82) is 0 Å². The second-order valence-electron chi connectivity index (χ2n) is 5.02. The van der Waals surface area contributed by atoms with Gasteiger partial charge in [-0.1, -0.05) is 35.9 Å². The molecule has 1 fully saturated rings. The van der Waals surface area contributed by atoms with Gasteiger partial charge in [-0.05, 0) is 36.6 Å². The first kappa shape index (κ1) is 14.0. The van der Waals surface area contributed by atoms with E-state index in [0.29, 0.717) is 11.6 Å². The molecule has 0 spiro atoms. The summed E-state index contributed by atoms with van der Waals surface area (Å²) in [5, 5.41) is 0.648. The van der Waals surface area contributed by atoms with Crippen LogP contribution < -0.4 is 0 Å². The van der Waals surface area contributed by atoms with Crippen molar-refractivity contribution in [2.24, 2.45) is 0 Å². The fourth-order valence-corrected chi connectivity index (χ4v) is 3.01. The van der Waals surface area contributed by atoms with Crippen LogP contribution in [0.15, 0.2) is 42.5 Å². The molecule has 1 saturated heterocycles. The van der Waals surface area contributed by atoms with E-state index < -0.39 is 5.95 Å². The zero-order valence-electron chi connectivity index (χ0n) is 11.3. The molecule has 1 unspecified atom stereocenters. The Balaban J connectivity index is 1.91. The molecule has 1 aliphatic rings. The number of amides is 1. The van der Waals surface area contributed by atoms with Gasteiger partial charge in [0.2, 0.25) is 5.95 Å². The average molecular weight is 305 g/mol. The number of halogens is 2. The maximum absolute atomic E-state index is 13.2. The SMILES string of the molecule is O=C(c1cccc(F)n1)N1CCCC1c1ccccc1Cl. The van der Waals surface area contributed by atoms with Gasteiger partial charge in [-0.2, -0.15) is 4.39 Å². The zero-order chi connectivity index (χ0) is 14.8. The molecule has 0 saturated carbocycles. The van der Waals surface area contributed by atoms with Crippen molar-refractivity contribution in [3.8, 4) is 0 Å². The largest absolute Gasteiger partial charge is 0.330 e. The van der Waals surface area contributed by atoms with Gasteiger partial charge in [-0.25, -0.2) is 4.98 Å². The van der Waals surface area contributed by atoms with Crippen molar-refractivity contribution in [2.45, 2.75) is 18.9 Å². The average Bonchev–Trinajstić information content (AvgIpc) is 2.96. The highest BCUT2D eigenvalue weighted by Crippen LogP contribution is 2.36. The standard InChI is InChI=1S/C16H14ClFN2O/c17-12-6-2-1-5-11(12)14-8-4-10-20(14)16(21)13-7-3-9-15(18)19-13/h1-3,5-7,9,14H,4,8,10H2. The van der Waals surface area contributed by atoms with Crippen molar-refractivity contribution >= 4 is 17.5 Å². The lowest BCUT2D eigenvalue weighted by atomic mass is 10.0. The molecular weight excluding hydrogens is 291 g/mol. The first-order valence-corrected chi connectivity index (χ1v) is 7.22. The molecule has 0 radical (unpaired) electrons. The maximum Gasteiger partial charge on any atom is 0.273 e. The monoisotopic (exact) mass is 304 g/mol. The minimum absolute atomic E-state index is 0.0729. The molecule has 21 heavy (non-hydrogen) atoms. The lowest BCUT2D eigenvalue weighted by Crippen LogP contribution is -2.31. The smallest absolute Gasteiger partial charge is 0.273 e. The number of nitrogens with zero attached hydrogens (tertiary/aromatic N) is 2. The number of carbonyl (C=O) groups excluding carboxylic acids is 1. The third kappa shape index (κ3) is 2.76. The molecule has 5 heteroatoms. The summed E-state index contributed by atoms with van der Waals surface area (Å²) in [5.74, 6) is -0.897. The van der Waals surface area contributed by atoms with Gasteiger partial charge in [0.05, 0.1) is 6.04 Å². The number of carbonyl (C=O) groups is 1. The van der Waals surface area contributed by atoms with Crippen molar-refractivity contribution in [1.82, 2.24) is 9.88 Å². The van der Waals surface area contributed by atoms with Crippen molar-refractivity contribution in [3.63, 3.8) is 0 Å². The van der Waals surface area contributed by atoms with E-state index in [0.717, 1.165) is 18.4 Å². The van der Waals surface area contributed by atoms with Crippen molar-refractivity contribution in [3.05, 3.63) is 64.7 Å². The highest BCUT2D eigenvalue weighted by Gasteiger charge is 2.32. The molecule has 2 heterocycles. The Labute approximate surface area is 127 Å². The zero-order valence-corrected chi connectivity index (χ0v) is 12.1. The van der Waals surface area contributed by atoms with Crippen molar-refractivity contribution < 1.29 is 9.18 Å². The highest BCUT2D eigenvalue weighted by atomic mass is 35.5. The molecule has 108 valence electrons. The van der Waals surface area contributed by atoms with Gasteiger partial charge in [0.25, 0.3) is 5.91 Å². The number of pyridine rings is 1. The minimum Gasteiger partial charge on any atom is -0.330 e. The molecule has 3 nitrogen and oxygen atoms in total. The number of likely N-dealkylation sites (tertiary alicyclic amines) is 1. The Morgan fingerprint density at radius 3 is 2.81 bits per heavy atom. The fourth-order valence-electron chi connectivity index (χ4n) is 2.75. The maximum atomic E-state index is 13.2. The van der Waals surface area contributed by atoms with Crippen LogP contribution in [0.3, 0.4) is 0 Å². The number of aromatic nitrogens is 1. The molecule has 1 aromatic heterocycles. The van der Waals surface area contributed by atoms with Gasteiger partial charge in [0, 0.05) is 11.6 Å². The Morgan fingerprint density at radius 2 is 2.05 bits per heavy atom. The van der Waals surface area contributed by atoms with E-state index in [1.54, 1.807) is 4.90 Å².